The summed E-state index contributed by atoms with van der Waals surface area (Å²) < 4.78 is 1.89. The molecule has 1 fully saturated rings. The van der Waals surface area contributed by atoms with Crippen molar-refractivity contribution >= 4 is 33.7 Å². The number of pyridine rings is 1. The average molecular weight is 534 g/mol. The van der Waals surface area contributed by atoms with E-state index < -0.39 is 0 Å². The van der Waals surface area contributed by atoms with E-state index in [1.807, 2.05) is 27.3 Å². The standard InChI is InChI=1S/C30H39N5O2S/c1-29(2,3)21-13-20(14-22(27(21)37)30(4,5)6)28-32-16-25(38-28)19-8-11-34(12-9-19)26(36)17-35-18-33-23-7-10-31-15-24(23)35/h7,10,13-15,18-19,25,37H,8-9,11-12,16-17H2,1-6H3. The van der Waals surface area contributed by atoms with Crippen LogP contribution in [-0.4, -0.2) is 60.4 Å². The number of imidazole rings is 1. The number of aromatic hydroxyl groups is 1. The smallest absolute Gasteiger partial charge is 0.242 e. The Morgan fingerprint density at radius 2 is 1.74 bits per heavy atom. The first-order valence-corrected chi connectivity index (χ1v) is 14.4. The number of carbonyl (C=O) groups is 1. The normalized spacial score (nSPS) is 19.3. The van der Waals surface area contributed by atoms with E-state index in [0.29, 0.717) is 23.5 Å². The highest BCUT2D eigenvalue weighted by Crippen LogP contribution is 2.42. The third-order valence-electron chi connectivity index (χ3n) is 7.80. The molecule has 0 radical (unpaired) electrons. The second kappa shape index (κ2) is 10.0. The van der Waals surface area contributed by atoms with Gasteiger partial charge in [0.1, 0.15) is 12.3 Å². The Hall–Kier alpha value is -2.87. The Bertz CT molecular complexity index is 1340. The largest absolute Gasteiger partial charge is 0.507 e. The number of fused-ring (bicyclic) bond motifs is 1. The third-order valence-corrected chi connectivity index (χ3v) is 9.22. The SMILES string of the molecule is CC(C)(C)c1cc(C2=NCC(C3CCN(C(=O)Cn4cnc5ccncc54)CC3)S2)cc(C(C)(C)C)c1O. The van der Waals surface area contributed by atoms with Gasteiger partial charge >= 0.3 is 0 Å². The van der Waals surface area contributed by atoms with Crippen LogP contribution in [0.3, 0.4) is 0 Å². The molecule has 1 saturated heterocycles. The highest BCUT2D eigenvalue weighted by atomic mass is 32.2. The Morgan fingerprint density at radius 3 is 2.37 bits per heavy atom. The van der Waals surface area contributed by atoms with Gasteiger partial charge in [-0.2, -0.15) is 0 Å². The van der Waals surface area contributed by atoms with E-state index >= 15 is 0 Å². The summed E-state index contributed by atoms with van der Waals surface area (Å²) in [5.74, 6) is 1.08. The zero-order chi connectivity index (χ0) is 27.2. The molecule has 2 aliphatic rings. The molecule has 1 amide bonds. The number of rotatable bonds is 4. The number of benzene rings is 1. The van der Waals surface area contributed by atoms with E-state index in [2.05, 4.69) is 63.6 Å². The first-order chi connectivity index (χ1) is 17.9. The van der Waals surface area contributed by atoms with Gasteiger partial charge in [-0.05, 0) is 47.8 Å². The van der Waals surface area contributed by atoms with Crippen molar-refractivity contribution in [2.24, 2.45) is 10.9 Å². The Labute approximate surface area is 229 Å². The van der Waals surface area contributed by atoms with E-state index in [0.717, 1.165) is 65.2 Å². The molecule has 5 rings (SSSR count). The Morgan fingerprint density at radius 1 is 1.08 bits per heavy atom. The van der Waals surface area contributed by atoms with Gasteiger partial charge in [0.25, 0.3) is 0 Å². The van der Waals surface area contributed by atoms with Crippen molar-refractivity contribution in [1.82, 2.24) is 19.4 Å². The number of phenols is 1. The zero-order valence-electron chi connectivity index (χ0n) is 23.4. The first kappa shape index (κ1) is 26.7. The number of amides is 1. The van der Waals surface area contributed by atoms with Crippen molar-refractivity contribution in [3.8, 4) is 5.75 Å². The fourth-order valence-corrected chi connectivity index (χ4v) is 6.80. The number of aliphatic imine (C=N–C) groups is 1. The monoisotopic (exact) mass is 533 g/mol. The number of nitrogens with zero attached hydrogens (tertiary/aromatic N) is 5. The summed E-state index contributed by atoms with van der Waals surface area (Å²) in [4.78, 5) is 28.6. The summed E-state index contributed by atoms with van der Waals surface area (Å²) in [6, 6.07) is 6.13. The molecule has 0 spiro atoms. The molecule has 3 aromatic rings. The predicted octanol–water partition coefficient (Wildman–Crippen LogP) is 5.53. The Kier molecular flexibility index (Phi) is 7.05. The van der Waals surface area contributed by atoms with Crippen LogP contribution in [0.4, 0.5) is 0 Å². The molecular weight excluding hydrogens is 494 g/mol. The van der Waals surface area contributed by atoms with E-state index in [9.17, 15) is 9.90 Å². The molecule has 7 nitrogen and oxygen atoms in total. The zero-order valence-corrected chi connectivity index (χ0v) is 24.2. The molecule has 202 valence electrons. The highest BCUT2D eigenvalue weighted by molar-refractivity contribution is 8.15. The molecular formula is C30H39N5O2S. The van der Waals surface area contributed by atoms with Gasteiger partial charge < -0.3 is 14.6 Å². The van der Waals surface area contributed by atoms with Crippen molar-refractivity contribution in [3.05, 3.63) is 53.6 Å². The maximum absolute atomic E-state index is 13.0. The van der Waals surface area contributed by atoms with Gasteiger partial charge in [0.15, 0.2) is 0 Å². The van der Waals surface area contributed by atoms with Gasteiger partial charge in [0, 0.05) is 41.2 Å². The van der Waals surface area contributed by atoms with Crippen molar-refractivity contribution < 1.29 is 9.90 Å². The molecule has 2 aromatic heterocycles. The minimum absolute atomic E-state index is 0.135. The number of hydrogen-bond acceptors (Lipinski definition) is 6. The quantitative estimate of drug-likeness (QED) is 0.477. The molecule has 38 heavy (non-hydrogen) atoms. The third kappa shape index (κ3) is 5.33. The van der Waals surface area contributed by atoms with Crippen LogP contribution in [0.25, 0.3) is 11.0 Å². The predicted molar refractivity (Wildman–Crippen MR) is 155 cm³/mol. The fraction of sp³-hybridized carbons (Fsp3) is 0.533. The van der Waals surface area contributed by atoms with E-state index in [-0.39, 0.29) is 16.7 Å². The number of carbonyl (C=O) groups excluding carboxylic acids is 1. The fourth-order valence-electron chi connectivity index (χ4n) is 5.49. The van der Waals surface area contributed by atoms with Gasteiger partial charge in [-0.15, -0.1) is 11.8 Å². The molecule has 0 bridgehead atoms. The molecule has 8 heteroatoms. The average Bonchev–Trinajstić information content (AvgIpc) is 3.51. The topological polar surface area (TPSA) is 83.6 Å². The summed E-state index contributed by atoms with van der Waals surface area (Å²) in [6.07, 6.45) is 7.20. The molecule has 1 N–H and O–H groups in total. The van der Waals surface area contributed by atoms with Crippen molar-refractivity contribution in [3.63, 3.8) is 0 Å². The second-order valence-corrected chi connectivity index (χ2v) is 13.9. The first-order valence-electron chi connectivity index (χ1n) is 13.5. The van der Waals surface area contributed by atoms with Gasteiger partial charge in [-0.1, -0.05) is 41.5 Å². The maximum Gasteiger partial charge on any atom is 0.242 e. The molecule has 2 aliphatic heterocycles. The summed E-state index contributed by atoms with van der Waals surface area (Å²) >= 11 is 1.88. The van der Waals surface area contributed by atoms with Crippen LogP contribution in [-0.2, 0) is 22.2 Å². The summed E-state index contributed by atoms with van der Waals surface area (Å²) in [5, 5.41) is 12.6. The number of phenolic OH excluding ortho intramolecular Hbond substituents is 1. The second-order valence-electron chi connectivity index (χ2n) is 12.7. The molecule has 1 atom stereocenters. The summed E-state index contributed by atoms with van der Waals surface area (Å²) in [6.45, 7) is 15.5. The van der Waals surface area contributed by atoms with Gasteiger partial charge in [-0.25, -0.2) is 4.98 Å². The van der Waals surface area contributed by atoms with Crippen LogP contribution in [0, 0.1) is 5.92 Å². The minimum Gasteiger partial charge on any atom is -0.507 e. The van der Waals surface area contributed by atoms with Crippen LogP contribution in [0.2, 0.25) is 0 Å². The lowest BCUT2D eigenvalue weighted by atomic mass is 9.78. The number of likely N-dealkylation sites (tertiary alicyclic amines) is 1. The van der Waals surface area contributed by atoms with Crippen LogP contribution in [0.5, 0.6) is 5.75 Å². The van der Waals surface area contributed by atoms with Crippen LogP contribution in [0.15, 0.2) is 41.9 Å². The van der Waals surface area contributed by atoms with Gasteiger partial charge in [0.2, 0.25) is 5.91 Å². The molecule has 0 aliphatic carbocycles. The maximum atomic E-state index is 13.0. The lowest BCUT2D eigenvalue weighted by Crippen LogP contribution is -2.42. The lowest BCUT2D eigenvalue weighted by Gasteiger charge is -2.34. The van der Waals surface area contributed by atoms with Crippen molar-refractivity contribution in [1.29, 1.82) is 0 Å². The number of aromatic nitrogens is 3. The molecule has 1 unspecified atom stereocenters. The number of piperidine rings is 1. The van der Waals surface area contributed by atoms with E-state index in [1.165, 1.54) is 0 Å². The van der Waals surface area contributed by atoms with Crippen LogP contribution < -0.4 is 0 Å². The summed E-state index contributed by atoms with van der Waals surface area (Å²) in [7, 11) is 0. The minimum atomic E-state index is -0.164. The number of thioether (sulfide) groups is 1. The molecule has 1 aromatic carbocycles. The van der Waals surface area contributed by atoms with Crippen molar-refractivity contribution in [2.45, 2.75) is 77.0 Å². The summed E-state index contributed by atoms with van der Waals surface area (Å²) in [5.41, 5.74) is 4.48. The van der Waals surface area contributed by atoms with Crippen LogP contribution >= 0.6 is 11.8 Å². The van der Waals surface area contributed by atoms with Crippen molar-refractivity contribution in [2.75, 3.05) is 19.6 Å². The Balaban J connectivity index is 1.23. The molecule has 4 heterocycles. The number of hydrogen-bond donors (Lipinski definition) is 1. The van der Waals surface area contributed by atoms with Gasteiger partial charge in [-0.3, -0.25) is 14.8 Å². The van der Waals surface area contributed by atoms with E-state index in [1.54, 1.807) is 18.7 Å². The highest BCUT2D eigenvalue weighted by Gasteiger charge is 2.34. The van der Waals surface area contributed by atoms with Crippen LogP contribution in [0.1, 0.15) is 71.1 Å². The lowest BCUT2D eigenvalue weighted by molar-refractivity contribution is -0.133. The molecule has 0 saturated carbocycles. The van der Waals surface area contributed by atoms with E-state index in [4.69, 9.17) is 4.99 Å². The van der Waals surface area contributed by atoms with Gasteiger partial charge in [0.05, 0.1) is 35.1 Å².